The SMILES string of the molecule is CCCC(CC)C(=O)CC(=O)O. The minimum Gasteiger partial charge on any atom is -0.481 e. The summed E-state index contributed by atoms with van der Waals surface area (Å²) in [4.78, 5) is 21.4. The smallest absolute Gasteiger partial charge is 0.310 e. The number of ketones is 1. The highest BCUT2D eigenvalue weighted by Gasteiger charge is 2.17. The summed E-state index contributed by atoms with van der Waals surface area (Å²) in [6, 6.07) is 0. The lowest BCUT2D eigenvalue weighted by atomic mass is 9.94. The summed E-state index contributed by atoms with van der Waals surface area (Å²) in [5.74, 6) is -1.20. The first-order chi connectivity index (χ1) is 5.61. The minimum atomic E-state index is -1.02. The van der Waals surface area contributed by atoms with Crippen LogP contribution in [0.2, 0.25) is 0 Å². The van der Waals surface area contributed by atoms with Crippen LogP contribution in [0.3, 0.4) is 0 Å². The summed E-state index contributed by atoms with van der Waals surface area (Å²) in [5.41, 5.74) is 0. The van der Waals surface area contributed by atoms with Crippen molar-refractivity contribution < 1.29 is 14.7 Å². The van der Waals surface area contributed by atoms with E-state index in [9.17, 15) is 9.59 Å². The molecule has 1 atom stereocenters. The van der Waals surface area contributed by atoms with E-state index in [1.165, 1.54) is 0 Å². The van der Waals surface area contributed by atoms with Gasteiger partial charge in [-0.1, -0.05) is 20.3 Å². The third-order valence-corrected chi connectivity index (χ3v) is 1.91. The number of carbonyl (C=O) groups is 2. The first-order valence-corrected chi connectivity index (χ1v) is 4.36. The van der Waals surface area contributed by atoms with E-state index in [1.54, 1.807) is 0 Å². The lowest BCUT2D eigenvalue weighted by Crippen LogP contribution is -2.17. The first-order valence-electron chi connectivity index (χ1n) is 4.36. The Morgan fingerprint density at radius 3 is 2.25 bits per heavy atom. The van der Waals surface area contributed by atoms with Crippen molar-refractivity contribution in [3.63, 3.8) is 0 Å². The maximum Gasteiger partial charge on any atom is 0.310 e. The van der Waals surface area contributed by atoms with Crippen LogP contribution in [0.4, 0.5) is 0 Å². The Morgan fingerprint density at radius 1 is 1.33 bits per heavy atom. The Bertz CT molecular complexity index is 163. The normalized spacial score (nSPS) is 12.5. The van der Waals surface area contributed by atoms with Crippen LogP contribution in [0.25, 0.3) is 0 Å². The highest BCUT2D eigenvalue weighted by atomic mass is 16.4. The fourth-order valence-electron chi connectivity index (χ4n) is 1.23. The van der Waals surface area contributed by atoms with Crippen LogP contribution in [0, 0.1) is 5.92 Å². The van der Waals surface area contributed by atoms with Crippen molar-refractivity contribution in [3.8, 4) is 0 Å². The molecular formula is C9H16O3. The molecule has 3 nitrogen and oxygen atoms in total. The van der Waals surface area contributed by atoms with Gasteiger partial charge in [-0.05, 0) is 12.8 Å². The standard InChI is InChI=1S/C9H16O3/c1-3-5-7(4-2)8(10)6-9(11)12/h7H,3-6H2,1-2H3,(H,11,12). The van der Waals surface area contributed by atoms with Crippen LogP contribution in [-0.4, -0.2) is 16.9 Å². The number of rotatable bonds is 6. The molecule has 0 spiro atoms. The zero-order valence-corrected chi connectivity index (χ0v) is 7.67. The van der Waals surface area contributed by atoms with E-state index in [2.05, 4.69) is 0 Å². The van der Waals surface area contributed by atoms with Gasteiger partial charge in [-0.25, -0.2) is 0 Å². The molecule has 0 radical (unpaired) electrons. The average molecular weight is 172 g/mol. The molecule has 0 aromatic carbocycles. The van der Waals surface area contributed by atoms with Gasteiger partial charge in [-0.3, -0.25) is 9.59 Å². The van der Waals surface area contributed by atoms with Gasteiger partial charge in [0.25, 0.3) is 0 Å². The van der Waals surface area contributed by atoms with E-state index in [0.29, 0.717) is 0 Å². The van der Waals surface area contributed by atoms with Crippen LogP contribution in [0.5, 0.6) is 0 Å². The summed E-state index contributed by atoms with van der Waals surface area (Å²) >= 11 is 0. The Labute approximate surface area is 72.8 Å². The Balaban J connectivity index is 3.93. The van der Waals surface area contributed by atoms with Gasteiger partial charge in [0, 0.05) is 5.92 Å². The molecule has 1 N–H and O–H groups in total. The lowest BCUT2D eigenvalue weighted by molar-refractivity contribution is -0.141. The molecule has 0 aromatic rings. The maximum absolute atomic E-state index is 11.2. The summed E-state index contributed by atoms with van der Waals surface area (Å²) < 4.78 is 0. The fourth-order valence-corrected chi connectivity index (χ4v) is 1.23. The van der Waals surface area contributed by atoms with Crippen LogP contribution >= 0.6 is 0 Å². The van der Waals surface area contributed by atoms with Gasteiger partial charge < -0.3 is 5.11 Å². The quantitative estimate of drug-likeness (QED) is 0.622. The molecular weight excluding hydrogens is 156 g/mol. The molecule has 0 aliphatic heterocycles. The topological polar surface area (TPSA) is 54.4 Å². The largest absolute Gasteiger partial charge is 0.481 e. The van der Waals surface area contributed by atoms with Crippen molar-refractivity contribution in [1.29, 1.82) is 0 Å². The summed E-state index contributed by atoms with van der Waals surface area (Å²) in [6.07, 6.45) is 2.17. The van der Waals surface area contributed by atoms with E-state index >= 15 is 0 Å². The van der Waals surface area contributed by atoms with E-state index < -0.39 is 5.97 Å². The van der Waals surface area contributed by atoms with Gasteiger partial charge in [-0.2, -0.15) is 0 Å². The lowest BCUT2D eigenvalue weighted by Gasteiger charge is -2.09. The highest BCUT2D eigenvalue weighted by molar-refractivity contribution is 5.95. The van der Waals surface area contributed by atoms with Gasteiger partial charge in [0.1, 0.15) is 12.2 Å². The summed E-state index contributed by atoms with van der Waals surface area (Å²) in [5, 5.41) is 8.38. The molecule has 0 amide bonds. The molecule has 0 aliphatic carbocycles. The van der Waals surface area contributed by atoms with Crippen molar-refractivity contribution in [2.45, 2.75) is 39.5 Å². The number of carboxylic acid groups (broad SMARTS) is 1. The van der Waals surface area contributed by atoms with Crippen molar-refractivity contribution in [1.82, 2.24) is 0 Å². The number of aliphatic carboxylic acids is 1. The number of hydrogen-bond donors (Lipinski definition) is 1. The molecule has 3 heteroatoms. The molecule has 0 fully saturated rings. The predicted molar refractivity (Wildman–Crippen MR) is 45.9 cm³/mol. The molecule has 70 valence electrons. The molecule has 0 saturated heterocycles. The molecule has 12 heavy (non-hydrogen) atoms. The van der Waals surface area contributed by atoms with E-state index in [0.717, 1.165) is 19.3 Å². The molecule has 0 bridgehead atoms. The van der Waals surface area contributed by atoms with E-state index in [4.69, 9.17) is 5.11 Å². The van der Waals surface area contributed by atoms with Gasteiger partial charge in [0.15, 0.2) is 0 Å². The van der Waals surface area contributed by atoms with Crippen LogP contribution < -0.4 is 0 Å². The second kappa shape index (κ2) is 5.75. The van der Waals surface area contributed by atoms with Crippen LogP contribution in [-0.2, 0) is 9.59 Å². The van der Waals surface area contributed by atoms with Crippen molar-refractivity contribution >= 4 is 11.8 Å². The molecule has 0 aliphatic rings. The Kier molecular flexibility index (Phi) is 5.34. The number of Topliss-reactive ketones (excluding diaryl/α,β-unsaturated/α-hetero) is 1. The maximum atomic E-state index is 11.2. The molecule has 1 unspecified atom stereocenters. The highest BCUT2D eigenvalue weighted by Crippen LogP contribution is 2.13. The van der Waals surface area contributed by atoms with Gasteiger partial charge >= 0.3 is 5.97 Å². The molecule has 0 saturated carbocycles. The van der Waals surface area contributed by atoms with Crippen molar-refractivity contribution in [3.05, 3.63) is 0 Å². The first kappa shape index (κ1) is 11.1. The van der Waals surface area contributed by atoms with Gasteiger partial charge in [0.2, 0.25) is 0 Å². The minimum absolute atomic E-state index is 0.0499. The summed E-state index contributed by atoms with van der Waals surface area (Å²) in [6.45, 7) is 3.91. The average Bonchev–Trinajstić information content (AvgIpc) is 1.98. The van der Waals surface area contributed by atoms with E-state index in [1.807, 2.05) is 13.8 Å². The van der Waals surface area contributed by atoms with Gasteiger partial charge in [0.05, 0.1) is 0 Å². The zero-order chi connectivity index (χ0) is 9.56. The second-order valence-electron chi connectivity index (χ2n) is 2.93. The zero-order valence-electron chi connectivity index (χ0n) is 7.67. The summed E-state index contributed by atoms with van der Waals surface area (Å²) in [7, 11) is 0. The predicted octanol–water partition coefficient (Wildman–Crippen LogP) is 1.86. The second-order valence-corrected chi connectivity index (χ2v) is 2.93. The van der Waals surface area contributed by atoms with Gasteiger partial charge in [-0.15, -0.1) is 0 Å². The number of carbonyl (C=O) groups excluding carboxylic acids is 1. The third kappa shape index (κ3) is 4.11. The Hall–Kier alpha value is -0.860. The molecule has 0 heterocycles. The molecule has 0 rings (SSSR count). The molecule has 0 aromatic heterocycles. The third-order valence-electron chi connectivity index (χ3n) is 1.91. The fraction of sp³-hybridized carbons (Fsp3) is 0.778. The van der Waals surface area contributed by atoms with Crippen molar-refractivity contribution in [2.24, 2.45) is 5.92 Å². The van der Waals surface area contributed by atoms with Crippen molar-refractivity contribution in [2.75, 3.05) is 0 Å². The van der Waals surface area contributed by atoms with E-state index in [-0.39, 0.29) is 18.1 Å². The Morgan fingerprint density at radius 2 is 1.92 bits per heavy atom. The van der Waals surface area contributed by atoms with Crippen LogP contribution in [0.15, 0.2) is 0 Å². The number of hydrogen-bond acceptors (Lipinski definition) is 2. The monoisotopic (exact) mass is 172 g/mol. The number of carboxylic acids is 1. The van der Waals surface area contributed by atoms with Crippen LogP contribution in [0.1, 0.15) is 39.5 Å².